The molecule has 0 bridgehead atoms. The lowest BCUT2D eigenvalue weighted by Crippen LogP contribution is -2.32. The largest absolute Gasteiger partial charge is 0.494 e. The molecule has 0 saturated heterocycles. The molecule has 0 aliphatic carbocycles. The maximum atomic E-state index is 12.9. The molecule has 0 saturated carbocycles. The van der Waals surface area contributed by atoms with Gasteiger partial charge in [-0.05, 0) is 54.8 Å². The lowest BCUT2D eigenvalue weighted by atomic mass is 10.1. The zero-order chi connectivity index (χ0) is 31.4. The number of carbonyl (C=O) groups excluding carboxylic acids is 2. The second-order valence-electron chi connectivity index (χ2n) is 9.61. The Kier molecular flexibility index (Phi) is 14.1. The number of rotatable bonds is 16. The number of anilines is 1. The lowest BCUT2D eigenvalue weighted by Gasteiger charge is -2.25. The summed E-state index contributed by atoms with van der Waals surface area (Å²) < 4.78 is 21.6. The summed E-state index contributed by atoms with van der Waals surface area (Å²) in [6.07, 6.45) is 5.75. The zero-order valence-corrected chi connectivity index (χ0v) is 27.4. The first-order valence-corrected chi connectivity index (χ1v) is 15.4. The molecular weight excluding hydrogens is 636 g/mol. The molecule has 3 aromatic rings. The van der Waals surface area contributed by atoms with E-state index in [0.29, 0.717) is 13.1 Å². The number of ether oxygens (including phenoxy) is 4. The molecule has 232 valence electrons. The van der Waals surface area contributed by atoms with Gasteiger partial charge in [0.25, 0.3) is 0 Å². The number of hydrogen-bond acceptors (Lipinski definition) is 7. The SMILES string of the molecule is CCCCCCc1ccc(N(CCOC(=O)c2c(Cl)ccc(Cl)c2OC)CCOC(=O)c2c(Cl)ccc(Cl)c2OC)cc1. The fraction of sp³-hybridized carbons (Fsp3) is 0.375. The molecule has 0 spiro atoms. The van der Waals surface area contributed by atoms with Crippen LogP contribution in [0.4, 0.5) is 5.69 Å². The second kappa shape index (κ2) is 17.5. The molecule has 0 fully saturated rings. The van der Waals surface area contributed by atoms with Crippen LogP contribution in [0.2, 0.25) is 20.1 Å². The summed E-state index contributed by atoms with van der Waals surface area (Å²) in [6, 6.07) is 14.3. The highest BCUT2D eigenvalue weighted by Crippen LogP contribution is 2.35. The quantitative estimate of drug-likeness (QED) is 0.111. The van der Waals surface area contributed by atoms with E-state index in [1.807, 2.05) is 17.0 Å². The molecule has 0 atom stereocenters. The monoisotopic (exact) mass is 669 g/mol. The van der Waals surface area contributed by atoms with Crippen molar-refractivity contribution in [2.45, 2.75) is 39.0 Å². The van der Waals surface area contributed by atoms with Crippen LogP contribution in [0.5, 0.6) is 11.5 Å². The maximum Gasteiger partial charge on any atom is 0.343 e. The third-order valence-corrected chi connectivity index (χ3v) is 7.97. The van der Waals surface area contributed by atoms with Crippen molar-refractivity contribution in [3.05, 3.63) is 85.3 Å². The first kappa shape index (κ1) is 34.6. The van der Waals surface area contributed by atoms with Gasteiger partial charge in [0.1, 0.15) is 24.3 Å². The summed E-state index contributed by atoms with van der Waals surface area (Å²) in [4.78, 5) is 27.8. The number of unbranched alkanes of at least 4 members (excludes halogenated alkanes) is 3. The van der Waals surface area contributed by atoms with Crippen molar-refractivity contribution in [1.29, 1.82) is 0 Å². The van der Waals surface area contributed by atoms with Crippen LogP contribution in [-0.2, 0) is 15.9 Å². The highest BCUT2D eigenvalue weighted by molar-refractivity contribution is 6.37. The average Bonchev–Trinajstić information content (AvgIpc) is 3.00. The molecule has 0 amide bonds. The van der Waals surface area contributed by atoms with Crippen molar-refractivity contribution in [3.63, 3.8) is 0 Å². The third-order valence-electron chi connectivity index (χ3n) is 6.74. The van der Waals surface area contributed by atoms with Crippen molar-refractivity contribution in [3.8, 4) is 11.5 Å². The number of benzene rings is 3. The van der Waals surface area contributed by atoms with Gasteiger partial charge in [-0.2, -0.15) is 0 Å². The zero-order valence-electron chi connectivity index (χ0n) is 24.4. The van der Waals surface area contributed by atoms with E-state index in [4.69, 9.17) is 65.4 Å². The molecule has 43 heavy (non-hydrogen) atoms. The van der Waals surface area contributed by atoms with E-state index in [0.717, 1.165) is 18.5 Å². The first-order chi connectivity index (χ1) is 20.7. The molecule has 0 radical (unpaired) electrons. The molecule has 0 unspecified atom stereocenters. The van der Waals surface area contributed by atoms with Gasteiger partial charge in [0.15, 0.2) is 11.5 Å². The summed E-state index contributed by atoms with van der Waals surface area (Å²) in [6.45, 7) is 2.84. The Morgan fingerprint density at radius 2 is 1.12 bits per heavy atom. The standard InChI is InChI=1S/C32H35Cl4NO6/c1-4-5-6-7-8-21-9-11-22(12-10-21)37(17-19-42-31(38)27-23(33)13-15-25(35)29(27)40-2)18-20-43-32(39)28-24(34)14-16-26(36)30(28)41-3/h9-16H,4-8,17-20H2,1-3H3. The number of aryl methyl sites for hydroxylation is 1. The van der Waals surface area contributed by atoms with Crippen molar-refractivity contribution in [1.82, 2.24) is 0 Å². The Morgan fingerprint density at radius 1 is 0.651 bits per heavy atom. The van der Waals surface area contributed by atoms with E-state index in [1.165, 1.54) is 51.2 Å². The van der Waals surface area contributed by atoms with Crippen LogP contribution in [-0.4, -0.2) is 52.5 Å². The van der Waals surface area contributed by atoms with Crippen LogP contribution in [0.3, 0.4) is 0 Å². The van der Waals surface area contributed by atoms with Gasteiger partial charge in [-0.15, -0.1) is 0 Å². The van der Waals surface area contributed by atoms with Gasteiger partial charge < -0.3 is 23.8 Å². The van der Waals surface area contributed by atoms with Crippen LogP contribution in [0, 0.1) is 0 Å². The second-order valence-corrected chi connectivity index (χ2v) is 11.2. The van der Waals surface area contributed by atoms with Crippen LogP contribution in [0.25, 0.3) is 0 Å². The summed E-state index contributed by atoms with van der Waals surface area (Å²) in [7, 11) is 2.80. The number of esters is 2. The smallest absolute Gasteiger partial charge is 0.343 e. The Balaban J connectivity index is 1.71. The molecule has 3 rings (SSSR count). The number of hydrogen-bond donors (Lipinski definition) is 0. The third kappa shape index (κ3) is 9.57. The first-order valence-electron chi connectivity index (χ1n) is 13.9. The lowest BCUT2D eigenvalue weighted by molar-refractivity contribution is 0.0501. The van der Waals surface area contributed by atoms with Gasteiger partial charge in [-0.3, -0.25) is 0 Å². The summed E-state index contributed by atoms with van der Waals surface area (Å²) >= 11 is 24.8. The number of carbonyl (C=O) groups is 2. The molecule has 0 aliphatic heterocycles. The fourth-order valence-corrected chi connectivity index (χ4v) is 5.41. The Morgan fingerprint density at radius 3 is 1.56 bits per heavy atom. The number of nitrogens with zero attached hydrogens (tertiary/aromatic N) is 1. The van der Waals surface area contributed by atoms with E-state index >= 15 is 0 Å². The van der Waals surface area contributed by atoms with Gasteiger partial charge in [0.05, 0.1) is 47.4 Å². The molecule has 7 nitrogen and oxygen atoms in total. The van der Waals surface area contributed by atoms with Gasteiger partial charge in [-0.1, -0.05) is 84.7 Å². The topological polar surface area (TPSA) is 74.3 Å². The molecular formula is C32H35Cl4NO6. The molecule has 0 aromatic heterocycles. The van der Waals surface area contributed by atoms with Crippen LogP contribution < -0.4 is 14.4 Å². The molecule has 3 aromatic carbocycles. The minimum Gasteiger partial charge on any atom is -0.494 e. The van der Waals surface area contributed by atoms with Crippen LogP contribution >= 0.6 is 46.4 Å². The molecule has 11 heteroatoms. The highest BCUT2D eigenvalue weighted by Gasteiger charge is 2.23. The maximum absolute atomic E-state index is 12.9. The number of methoxy groups -OCH3 is 2. The molecule has 0 N–H and O–H groups in total. The van der Waals surface area contributed by atoms with Gasteiger partial charge in [0.2, 0.25) is 0 Å². The van der Waals surface area contributed by atoms with E-state index in [-0.39, 0.29) is 55.9 Å². The minimum atomic E-state index is -0.666. The van der Waals surface area contributed by atoms with Crippen molar-refractivity contribution in [2.24, 2.45) is 0 Å². The summed E-state index contributed by atoms with van der Waals surface area (Å²) in [5, 5.41) is 0.821. The average molecular weight is 671 g/mol. The Hall–Kier alpha value is -2.84. The minimum absolute atomic E-state index is 0.0193. The Bertz CT molecular complexity index is 1310. The molecule has 0 heterocycles. The molecule has 0 aliphatic rings. The predicted octanol–water partition coefficient (Wildman–Crippen LogP) is 8.96. The van der Waals surface area contributed by atoms with Gasteiger partial charge >= 0.3 is 11.9 Å². The summed E-state index contributed by atoms with van der Waals surface area (Å²) in [5.41, 5.74) is 2.22. The fourth-order valence-electron chi connectivity index (χ4n) is 4.49. The van der Waals surface area contributed by atoms with E-state index in [9.17, 15) is 9.59 Å². The highest BCUT2D eigenvalue weighted by atomic mass is 35.5. The predicted molar refractivity (Wildman–Crippen MR) is 173 cm³/mol. The van der Waals surface area contributed by atoms with Crippen LogP contribution in [0.15, 0.2) is 48.5 Å². The van der Waals surface area contributed by atoms with Crippen molar-refractivity contribution in [2.75, 3.05) is 45.4 Å². The normalized spacial score (nSPS) is 10.8. The van der Waals surface area contributed by atoms with E-state index < -0.39 is 11.9 Å². The van der Waals surface area contributed by atoms with Crippen molar-refractivity contribution < 1.29 is 28.5 Å². The van der Waals surface area contributed by atoms with Gasteiger partial charge in [-0.25, -0.2) is 9.59 Å². The van der Waals surface area contributed by atoms with Crippen molar-refractivity contribution >= 4 is 64.0 Å². The van der Waals surface area contributed by atoms with E-state index in [1.54, 1.807) is 12.1 Å². The van der Waals surface area contributed by atoms with E-state index in [2.05, 4.69) is 19.1 Å². The Labute approximate surface area is 272 Å². The summed E-state index contributed by atoms with van der Waals surface area (Å²) in [5.74, 6) is -1.04. The van der Waals surface area contributed by atoms with Crippen LogP contribution in [0.1, 0.15) is 58.9 Å². The number of halogens is 4. The van der Waals surface area contributed by atoms with Gasteiger partial charge in [0, 0.05) is 5.69 Å².